The van der Waals surface area contributed by atoms with E-state index in [9.17, 15) is 4.79 Å². The molecule has 6 heteroatoms. The van der Waals surface area contributed by atoms with Crippen molar-refractivity contribution >= 4 is 42.1 Å². The highest BCUT2D eigenvalue weighted by atomic mass is 35.5. The smallest absolute Gasteiger partial charge is 0.224 e. The van der Waals surface area contributed by atoms with Crippen LogP contribution in [0, 0.1) is 0 Å². The molecule has 0 bridgehead atoms. The highest BCUT2D eigenvalue weighted by Crippen LogP contribution is 2.24. The maximum Gasteiger partial charge on any atom is 0.224 e. The molecule has 2 aromatic carbocycles. The van der Waals surface area contributed by atoms with Crippen LogP contribution in [0.2, 0.25) is 0 Å². The number of hydrogen-bond acceptors (Lipinski definition) is 3. The summed E-state index contributed by atoms with van der Waals surface area (Å²) < 4.78 is 0. The van der Waals surface area contributed by atoms with Gasteiger partial charge >= 0.3 is 0 Å². The highest BCUT2D eigenvalue weighted by molar-refractivity contribution is 5.85. The summed E-state index contributed by atoms with van der Waals surface area (Å²) in [6.07, 6.45) is 2.90. The number of rotatable bonds is 5. The Morgan fingerprint density at radius 3 is 2.42 bits per heavy atom. The zero-order valence-corrected chi connectivity index (χ0v) is 16.6. The van der Waals surface area contributed by atoms with Crippen molar-refractivity contribution in [1.82, 2.24) is 5.32 Å². The van der Waals surface area contributed by atoms with Crippen LogP contribution in [0.25, 0.3) is 0 Å². The van der Waals surface area contributed by atoms with Gasteiger partial charge in [0.1, 0.15) is 0 Å². The van der Waals surface area contributed by atoms with Gasteiger partial charge in [-0.25, -0.2) is 0 Å². The van der Waals surface area contributed by atoms with Gasteiger partial charge in [-0.2, -0.15) is 0 Å². The van der Waals surface area contributed by atoms with E-state index in [4.69, 9.17) is 5.73 Å². The number of nitrogen functional groups attached to an aromatic ring is 1. The summed E-state index contributed by atoms with van der Waals surface area (Å²) in [5, 5.41) is 3.09. The molecule has 1 aliphatic heterocycles. The predicted octanol–water partition coefficient (Wildman–Crippen LogP) is 4.13. The van der Waals surface area contributed by atoms with Crippen molar-refractivity contribution in [3.8, 4) is 0 Å². The fourth-order valence-electron chi connectivity index (χ4n) is 3.16. The summed E-state index contributed by atoms with van der Waals surface area (Å²) >= 11 is 0. The number of halogens is 2. The van der Waals surface area contributed by atoms with Gasteiger partial charge in [-0.1, -0.05) is 24.3 Å². The second kappa shape index (κ2) is 10.3. The molecule has 3 rings (SSSR count). The number of anilines is 2. The molecule has 0 radical (unpaired) electrons. The third-order valence-electron chi connectivity index (χ3n) is 4.56. The maximum atomic E-state index is 12.3. The van der Waals surface area contributed by atoms with Crippen molar-refractivity contribution in [2.24, 2.45) is 0 Å². The Kier molecular flexibility index (Phi) is 8.76. The van der Waals surface area contributed by atoms with Gasteiger partial charge < -0.3 is 16.0 Å². The number of amides is 1. The second-order valence-corrected chi connectivity index (χ2v) is 6.50. The van der Waals surface area contributed by atoms with Crippen LogP contribution in [0.5, 0.6) is 0 Å². The number of nitrogens with zero attached hydrogens (tertiary/aromatic N) is 1. The van der Waals surface area contributed by atoms with Crippen LogP contribution in [0.1, 0.15) is 36.9 Å². The summed E-state index contributed by atoms with van der Waals surface area (Å²) in [5.41, 5.74) is 9.76. The van der Waals surface area contributed by atoms with Crippen LogP contribution in [0.15, 0.2) is 48.5 Å². The lowest BCUT2D eigenvalue weighted by molar-refractivity contribution is -0.121. The molecule has 1 saturated heterocycles. The Bertz CT molecular complexity index is 700. The van der Waals surface area contributed by atoms with Gasteiger partial charge in [0.15, 0.2) is 0 Å². The molecular weight excluding hydrogens is 369 g/mol. The van der Waals surface area contributed by atoms with E-state index in [1.807, 2.05) is 31.2 Å². The molecule has 0 saturated carbocycles. The average molecular weight is 396 g/mol. The van der Waals surface area contributed by atoms with Crippen LogP contribution < -0.4 is 16.0 Å². The summed E-state index contributed by atoms with van der Waals surface area (Å²) in [6, 6.07) is 15.9. The third kappa shape index (κ3) is 5.82. The Hall–Kier alpha value is -1.91. The molecule has 0 aromatic heterocycles. The molecule has 2 aromatic rings. The van der Waals surface area contributed by atoms with E-state index in [0.29, 0.717) is 12.1 Å². The molecule has 1 amide bonds. The zero-order valence-electron chi connectivity index (χ0n) is 15.0. The fourth-order valence-corrected chi connectivity index (χ4v) is 3.16. The van der Waals surface area contributed by atoms with Gasteiger partial charge in [-0.15, -0.1) is 24.8 Å². The van der Waals surface area contributed by atoms with Crippen molar-refractivity contribution in [3.63, 3.8) is 0 Å². The average Bonchev–Trinajstić information content (AvgIpc) is 3.11. The first-order valence-electron chi connectivity index (χ1n) is 8.60. The maximum absolute atomic E-state index is 12.3. The van der Waals surface area contributed by atoms with E-state index >= 15 is 0 Å². The van der Waals surface area contributed by atoms with Crippen LogP contribution in [-0.2, 0) is 11.2 Å². The summed E-state index contributed by atoms with van der Waals surface area (Å²) in [4.78, 5) is 14.7. The molecule has 142 valence electrons. The first kappa shape index (κ1) is 22.1. The molecule has 1 atom stereocenters. The largest absolute Gasteiger partial charge is 0.399 e. The molecule has 1 fully saturated rings. The molecule has 3 N–H and O–H groups in total. The molecule has 1 aliphatic rings. The number of carbonyl (C=O) groups is 1. The van der Waals surface area contributed by atoms with Crippen molar-refractivity contribution in [1.29, 1.82) is 0 Å². The monoisotopic (exact) mass is 395 g/mol. The van der Waals surface area contributed by atoms with E-state index < -0.39 is 0 Å². The van der Waals surface area contributed by atoms with Gasteiger partial charge in [0.05, 0.1) is 12.5 Å². The summed E-state index contributed by atoms with van der Waals surface area (Å²) in [7, 11) is 0. The Labute approximate surface area is 168 Å². The second-order valence-electron chi connectivity index (χ2n) is 6.50. The van der Waals surface area contributed by atoms with E-state index in [-0.39, 0.29) is 36.8 Å². The van der Waals surface area contributed by atoms with Gasteiger partial charge in [-0.05, 0) is 55.2 Å². The van der Waals surface area contributed by atoms with Crippen LogP contribution >= 0.6 is 24.8 Å². The van der Waals surface area contributed by atoms with E-state index in [2.05, 4.69) is 34.5 Å². The van der Waals surface area contributed by atoms with Gasteiger partial charge in [0.2, 0.25) is 5.91 Å². The molecule has 26 heavy (non-hydrogen) atoms. The van der Waals surface area contributed by atoms with Crippen LogP contribution in [-0.4, -0.2) is 19.0 Å². The van der Waals surface area contributed by atoms with Gasteiger partial charge in [0.25, 0.3) is 0 Å². The number of hydrogen-bond donors (Lipinski definition) is 2. The first-order valence-corrected chi connectivity index (χ1v) is 8.60. The topological polar surface area (TPSA) is 58.4 Å². The Morgan fingerprint density at radius 2 is 1.77 bits per heavy atom. The standard InChI is InChI=1S/C20H25N3O.2ClH/c1-15(22-20(24)13-16-7-9-18(21)10-8-16)17-5-4-6-19(14-17)23-11-2-3-12-23;;/h4-10,14-15H,2-3,11-13,21H2,1H3,(H,22,24);2*1H. The van der Waals surface area contributed by atoms with E-state index in [0.717, 1.165) is 24.2 Å². The van der Waals surface area contributed by atoms with Crippen molar-refractivity contribution in [2.75, 3.05) is 23.7 Å². The normalized spacial score (nSPS) is 14.1. The highest BCUT2D eigenvalue weighted by Gasteiger charge is 2.15. The van der Waals surface area contributed by atoms with Crippen LogP contribution in [0.4, 0.5) is 11.4 Å². The minimum atomic E-state index is -0.00571. The number of carbonyl (C=O) groups excluding carboxylic acids is 1. The lowest BCUT2D eigenvalue weighted by Gasteiger charge is -2.20. The van der Waals surface area contributed by atoms with Crippen molar-refractivity contribution in [3.05, 3.63) is 59.7 Å². The predicted molar refractivity (Wildman–Crippen MR) is 114 cm³/mol. The molecular formula is C20H27Cl2N3O. The minimum absolute atomic E-state index is 0. The first-order chi connectivity index (χ1) is 11.6. The minimum Gasteiger partial charge on any atom is -0.399 e. The molecule has 1 unspecified atom stereocenters. The van der Waals surface area contributed by atoms with Crippen LogP contribution in [0.3, 0.4) is 0 Å². The van der Waals surface area contributed by atoms with Crippen molar-refractivity contribution in [2.45, 2.75) is 32.2 Å². The van der Waals surface area contributed by atoms with E-state index in [1.165, 1.54) is 18.5 Å². The summed E-state index contributed by atoms with van der Waals surface area (Å²) in [5.74, 6) is 0.0267. The SMILES string of the molecule is CC(NC(=O)Cc1ccc(N)cc1)c1cccc(N2CCCC2)c1.Cl.Cl. The zero-order chi connectivity index (χ0) is 16.9. The lowest BCUT2D eigenvalue weighted by atomic mass is 10.1. The van der Waals surface area contributed by atoms with E-state index in [1.54, 1.807) is 0 Å². The quantitative estimate of drug-likeness (QED) is 0.748. The lowest BCUT2D eigenvalue weighted by Crippen LogP contribution is -2.28. The van der Waals surface area contributed by atoms with Gasteiger partial charge in [0, 0.05) is 24.5 Å². The third-order valence-corrected chi connectivity index (χ3v) is 4.56. The number of nitrogens with one attached hydrogen (secondary N) is 1. The molecule has 1 heterocycles. The van der Waals surface area contributed by atoms with Crippen molar-refractivity contribution < 1.29 is 4.79 Å². The molecule has 0 aliphatic carbocycles. The fraction of sp³-hybridized carbons (Fsp3) is 0.350. The Morgan fingerprint density at radius 1 is 1.12 bits per heavy atom. The van der Waals surface area contributed by atoms with Gasteiger partial charge in [-0.3, -0.25) is 4.79 Å². The Balaban J connectivity index is 0.00000169. The summed E-state index contributed by atoms with van der Waals surface area (Å²) in [6.45, 7) is 4.28. The number of benzene rings is 2. The molecule has 0 spiro atoms. The molecule has 4 nitrogen and oxygen atoms in total. The number of nitrogens with two attached hydrogens (primary N) is 1.